The summed E-state index contributed by atoms with van der Waals surface area (Å²) in [6, 6.07) is 6.10. The highest BCUT2D eigenvalue weighted by Crippen LogP contribution is 2.30. The van der Waals surface area contributed by atoms with Crippen molar-refractivity contribution in [2.45, 2.75) is 45.0 Å². The van der Waals surface area contributed by atoms with Gasteiger partial charge < -0.3 is 9.47 Å². The normalized spacial score (nSPS) is 10.6. The van der Waals surface area contributed by atoms with E-state index in [1.807, 2.05) is 19.1 Å². The van der Waals surface area contributed by atoms with Gasteiger partial charge in [0.15, 0.2) is 11.5 Å². The van der Waals surface area contributed by atoms with E-state index in [-0.39, 0.29) is 6.10 Å². The van der Waals surface area contributed by atoms with Crippen LogP contribution >= 0.6 is 15.9 Å². The van der Waals surface area contributed by atoms with Gasteiger partial charge in [-0.05, 0) is 37.5 Å². The molecule has 0 amide bonds. The van der Waals surface area contributed by atoms with Crippen LogP contribution in [0.1, 0.15) is 39.2 Å². The van der Waals surface area contributed by atoms with Gasteiger partial charge in [0, 0.05) is 5.33 Å². The first-order chi connectivity index (χ1) is 8.24. The second kappa shape index (κ2) is 7.59. The van der Waals surface area contributed by atoms with Crippen molar-refractivity contribution < 1.29 is 9.47 Å². The van der Waals surface area contributed by atoms with Crippen LogP contribution in [-0.2, 0) is 5.33 Å². The van der Waals surface area contributed by atoms with Crippen LogP contribution in [0.3, 0.4) is 0 Å². The Kier molecular flexibility index (Phi) is 6.41. The van der Waals surface area contributed by atoms with Gasteiger partial charge in [0.1, 0.15) is 0 Å². The number of rotatable bonds is 7. The molecule has 0 aromatic heterocycles. The fourth-order valence-electron chi connectivity index (χ4n) is 1.64. The molecule has 0 aliphatic heterocycles. The molecule has 0 bridgehead atoms. The zero-order valence-electron chi connectivity index (χ0n) is 10.8. The van der Waals surface area contributed by atoms with E-state index in [0.717, 1.165) is 29.7 Å². The molecule has 1 aromatic carbocycles. The van der Waals surface area contributed by atoms with Gasteiger partial charge in [-0.1, -0.05) is 35.8 Å². The molecular formula is C14H21BrO2. The standard InChI is InChI=1S/C14H21BrO2/c1-4-12(5-2)17-13-8-7-11(10-15)9-14(13)16-6-3/h7-9,12H,4-6,10H2,1-3H3. The maximum absolute atomic E-state index is 5.96. The third-order valence-electron chi connectivity index (χ3n) is 2.67. The molecule has 0 spiro atoms. The highest BCUT2D eigenvalue weighted by molar-refractivity contribution is 9.08. The Morgan fingerprint density at radius 1 is 1.12 bits per heavy atom. The minimum Gasteiger partial charge on any atom is -0.490 e. The van der Waals surface area contributed by atoms with Crippen LogP contribution in [0.25, 0.3) is 0 Å². The third-order valence-corrected chi connectivity index (χ3v) is 3.31. The van der Waals surface area contributed by atoms with Gasteiger partial charge in [0.05, 0.1) is 12.7 Å². The average Bonchev–Trinajstić information content (AvgIpc) is 2.37. The van der Waals surface area contributed by atoms with E-state index in [2.05, 4.69) is 35.8 Å². The summed E-state index contributed by atoms with van der Waals surface area (Å²) >= 11 is 3.45. The number of hydrogen-bond acceptors (Lipinski definition) is 2. The fraction of sp³-hybridized carbons (Fsp3) is 0.571. The molecule has 0 heterocycles. The van der Waals surface area contributed by atoms with Gasteiger partial charge in [-0.2, -0.15) is 0 Å². The van der Waals surface area contributed by atoms with Gasteiger partial charge >= 0.3 is 0 Å². The Labute approximate surface area is 112 Å². The smallest absolute Gasteiger partial charge is 0.161 e. The van der Waals surface area contributed by atoms with Crippen LogP contribution in [0.2, 0.25) is 0 Å². The first-order valence-electron chi connectivity index (χ1n) is 6.23. The van der Waals surface area contributed by atoms with E-state index in [4.69, 9.17) is 9.47 Å². The van der Waals surface area contributed by atoms with E-state index in [1.165, 1.54) is 5.56 Å². The molecule has 1 aromatic rings. The van der Waals surface area contributed by atoms with Crippen molar-refractivity contribution in [2.75, 3.05) is 6.61 Å². The lowest BCUT2D eigenvalue weighted by Crippen LogP contribution is -2.14. The monoisotopic (exact) mass is 300 g/mol. The zero-order valence-corrected chi connectivity index (χ0v) is 12.4. The second-order valence-corrected chi connectivity index (χ2v) is 4.46. The molecule has 0 saturated heterocycles. The van der Waals surface area contributed by atoms with Crippen molar-refractivity contribution in [3.8, 4) is 11.5 Å². The van der Waals surface area contributed by atoms with E-state index in [1.54, 1.807) is 0 Å². The maximum Gasteiger partial charge on any atom is 0.161 e. The largest absolute Gasteiger partial charge is 0.490 e. The molecule has 2 nitrogen and oxygen atoms in total. The van der Waals surface area contributed by atoms with Crippen LogP contribution in [0.15, 0.2) is 18.2 Å². The lowest BCUT2D eigenvalue weighted by Gasteiger charge is -2.18. The minimum atomic E-state index is 0.268. The van der Waals surface area contributed by atoms with Gasteiger partial charge in [0.2, 0.25) is 0 Å². The van der Waals surface area contributed by atoms with Crippen molar-refractivity contribution in [3.63, 3.8) is 0 Å². The van der Waals surface area contributed by atoms with E-state index >= 15 is 0 Å². The summed E-state index contributed by atoms with van der Waals surface area (Å²) in [5.74, 6) is 1.70. The molecule has 96 valence electrons. The number of ether oxygens (including phenoxy) is 2. The van der Waals surface area contributed by atoms with Gasteiger partial charge in [0.25, 0.3) is 0 Å². The van der Waals surface area contributed by atoms with E-state index < -0.39 is 0 Å². The molecule has 0 aliphatic carbocycles. The molecule has 0 N–H and O–H groups in total. The van der Waals surface area contributed by atoms with Crippen molar-refractivity contribution >= 4 is 15.9 Å². The first kappa shape index (κ1) is 14.4. The Morgan fingerprint density at radius 3 is 2.35 bits per heavy atom. The summed E-state index contributed by atoms with van der Waals surface area (Å²) in [6.45, 7) is 6.93. The summed E-state index contributed by atoms with van der Waals surface area (Å²) in [6.07, 6.45) is 2.30. The number of halogens is 1. The Morgan fingerprint density at radius 2 is 1.82 bits per heavy atom. The topological polar surface area (TPSA) is 18.5 Å². The van der Waals surface area contributed by atoms with Crippen LogP contribution in [0, 0.1) is 0 Å². The molecule has 0 saturated carbocycles. The fourth-order valence-corrected chi connectivity index (χ4v) is 1.98. The van der Waals surface area contributed by atoms with Crippen LogP contribution in [-0.4, -0.2) is 12.7 Å². The first-order valence-corrected chi connectivity index (χ1v) is 7.35. The Hall–Kier alpha value is -0.700. The number of benzene rings is 1. The SMILES string of the molecule is CCOc1cc(CBr)ccc1OC(CC)CC. The van der Waals surface area contributed by atoms with E-state index in [0.29, 0.717) is 6.61 Å². The average molecular weight is 301 g/mol. The maximum atomic E-state index is 5.96. The number of alkyl halides is 1. The Bertz CT molecular complexity index is 335. The van der Waals surface area contributed by atoms with Crippen molar-refractivity contribution in [3.05, 3.63) is 23.8 Å². The molecule has 1 rings (SSSR count). The second-order valence-electron chi connectivity index (χ2n) is 3.90. The number of hydrogen-bond donors (Lipinski definition) is 0. The predicted octanol–water partition coefficient (Wildman–Crippen LogP) is 4.55. The molecule has 0 radical (unpaired) electrons. The summed E-state index contributed by atoms with van der Waals surface area (Å²) in [5.41, 5.74) is 1.20. The summed E-state index contributed by atoms with van der Waals surface area (Å²) in [7, 11) is 0. The third kappa shape index (κ3) is 4.23. The zero-order chi connectivity index (χ0) is 12.7. The van der Waals surface area contributed by atoms with Crippen molar-refractivity contribution in [1.82, 2.24) is 0 Å². The highest BCUT2D eigenvalue weighted by atomic mass is 79.9. The predicted molar refractivity (Wildman–Crippen MR) is 75.2 cm³/mol. The minimum absolute atomic E-state index is 0.268. The molecule has 0 atom stereocenters. The quantitative estimate of drug-likeness (QED) is 0.688. The van der Waals surface area contributed by atoms with Crippen molar-refractivity contribution in [1.29, 1.82) is 0 Å². The molecule has 0 unspecified atom stereocenters. The van der Waals surface area contributed by atoms with Crippen LogP contribution in [0.4, 0.5) is 0 Å². The summed E-state index contributed by atoms with van der Waals surface area (Å²) in [5, 5.41) is 0.832. The molecule has 0 fully saturated rings. The highest BCUT2D eigenvalue weighted by Gasteiger charge is 2.11. The van der Waals surface area contributed by atoms with Gasteiger partial charge in [-0.3, -0.25) is 0 Å². The van der Waals surface area contributed by atoms with Crippen LogP contribution < -0.4 is 9.47 Å². The van der Waals surface area contributed by atoms with Crippen molar-refractivity contribution in [2.24, 2.45) is 0 Å². The lowest BCUT2D eigenvalue weighted by molar-refractivity contribution is 0.182. The molecule has 17 heavy (non-hydrogen) atoms. The lowest BCUT2D eigenvalue weighted by atomic mass is 10.2. The summed E-state index contributed by atoms with van der Waals surface area (Å²) < 4.78 is 11.6. The Balaban J connectivity index is 2.88. The molecular weight excluding hydrogens is 280 g/mol. The molecule has 3 heteroatoms. The van der Waals surface area contributed by atoms with Gasteiger partial charge in [-0.15, -0.1) is 0 Å². The summed E-state index contributed by atoms with van der Waals surface area (Å²) in [4.78, 5) is 0. The van der Waals surface area contributed by atoms with Gasteiger partial charge in [-0.25, -0.2) is 0 Å². The molecule has 0 aliphatic rings. The van der Waals surface area contributed by atoms with Crippen LogP contribution in [0.5, 0.6) is 11.5 Å². The van der Waals surface area contributed by atoms with E-state index in [9.17, 15) is 0 Å².